The summed E-state index contributed by atoms with van der Waals surface area (Å²) in [6.45, 7) is 2.69. The SMILES string of the molecule is CN(CC(=O)O)[C@H]1CCC[C@@H]1OCc1ccccc1.O=C(CN(CCc1ccccc1)[C@H]1CCC[C@@H]1OCc1ccccc1)OCc1ccccc1.O=C=O.O=C=O. The Morgan fingerprint density at radius 2 is 0.983 bits per heavy atom. The first-order valence-corrected chi connectivity index (χ1v) is 19.5. The Morgan fingerprint density at radius 3 is 1.43 bits per heavy atom. The van der Waals surface area contributed by atoms with Crippen LogP contribution >= 0.6 is 0 Å². The second-order valence-electron chi connectivity index (χ2n) is 14.0. The van der Waals surface area contributed by atoms with Crippen molar-refractivity contribution in [3.8, 4) is 0 Å². The summed E-state index contributed by atoms with van der Waals surface area (Å²) in [5, 5.41) is 8.86. The van der Waals surface area contributed by atoms with E-state index in [0.717, 1.165) is 62.6 Å². The third-order valence-electron chi connectivity index (χ3n) is 9.97. The number of likely N-dealkylation sites (N-methyl/N-ethyl adjacent to an activating group) is 1. The fourth-order valence-electron chi connectivity index (χ4n) is 7.24. The minimum Gasteiger partial charge on any atom is -0.480 e. The van der Waals surface area contributed by atoms with Crippen molar-refractivity contribution in [3.63, 3.8) is 0 Å². The lowest BCUT2D eigenvalue weighted by Crippen LogP contribution is -2.45. The summed E-state index contributed by atoms with van der Waals surface area (Å²) in [4.78, 5) is 60.2. The van der Waals surface area contributed by atoms with Gasteiger partial charge in [-0.1, -0.05) is 121 Å². The molecule has 308 valence electrons. The van der Waals surface area contributed by atoms with E-state index >= 15 is 0 Å². The van der Waals surface area contributed by atoms with Crippen LogP contribution in [-0.4, -0.2) is 90.1 Å². The number of carboxylic acids is 1. The number of carbonyl (C=O) groups is 2. The molecule has 12 nitrogen and oxygen atoms in total. The Bertz CT molecular complexity index is 1770. The average Bonchev–Trinajstić information content (AvgIpc) is 3.93. The van der Waals surface area contributed by atoms with E-state index in [1.165, 1.54) is 11.1 Å². The van der Waals surface area contributed by atoms with Crippen molar-refractivity contribution in [1.29, 1.82) is 0 Å². The number of aliphatic carboxylic acids is 1. The summed E-state index contributed by atoms with van der Waals surface area (Å²) in [7, 11) is 1.86. The Kier molecular flexibility index (Phi) is 22.5. The molecule has 0 aromatic heterocycles. The first-order valence-electron chi connectivity index (χ1n) is 19.5. The second kappa shape index (κ2) is 27.9. The number of nitrogens with zero attached hydrogens (tertiary/aromatic N) is 2. The molecular formula is C46H54N2O10. The van der Waals surface area contributed by atoms with E-state index in [9.17, 15) is 9.59 Å². The number of carboxylic acid groups (broad SMARTS) is 1. The number of rotatable bonds is 17. The van der Waals surface area contributed by atoms with Crippen LogP contribution in [0, 0.1) is 0 Å². The number of carbonyl (C=O) groups excluding carboxylic acids is 5. The van der Waals surface area contributed by atoms with E-state index in [1.807, 2.05) is 96.9 Å². The molecule has 0 aliphatic heterocycles. The zero-order chi connectivity index (χ0) is 41.8. The summed E-state index contributed by atoms with van der Waals surface area (Å²) in [5.41, 5.74) is 4.63. The Morgan fingerprint density at radius 1 is 0.586 bits per heavy atom. The predicted octanol–water partition coefficient (Wildman–Crippen LogP) is 6.39. The van der Waals surface area contributed by atoms with E-state index in [2.05, 4.69) is 41.3 Å². The smallest absolute Gasteiger partial charge is 0.373 e. The number of hydrogen-bond donors (Lipinski definition) is 1. The van der Waals surface area contributed by atoms with Gasteiger partial charge in [0.1, 0.15) is 6.61 Å². The summed E-state index contributed by atoms with van der Waals surface area (Å²) in [6.07, 6.45) is 7.99. The molecule has 0 amide bonds. The zero-order valence-corrected chi connectivity index (χ0v) is 33.1. The first-order chi connectivity index (χ1) is 28.3. The molecule has 2 saturated carbocycles. The lowest BCUT2D eigenvalue weighted by atomic mass is 10.1. The van der Waals surface area contributed by atoms with Gasteiger partial charge in [0.15, 0.2) is 0 Å². The summed E-state index contributed by atoms with van der Waals surface area (Å²) < 4.78 is 17.9. The van der Waals surface area contributed by atoms with Gasteiger partial charge in [-0.2, -0.15) is 19.2 Å². The first kappa shape index (κ1) is 46.8. The van der Waals surface area contributed by atoms with E-state index in [-0.39, 0.29) is 55.7 Å². The molecule has 0 unspecified atom stereocenters. The molecule has 12 heteroatoms. The van der Waals surface area contributed by atoms with Gasteiger partial charge >= 0.3 is 24.2 Å². The van der Waals surface area contributed by atoms with Gasteiger partial charge in [0.2, 0.25) is 0 Å². The molecule has 2 aliphatic carbocycles. The molecule has 0 heterocycles. The topological polar surface area (TPSA) is 157 Å². The number of ether oxygens (including phenoxy) is 3. The predicted molar refractivity (Wildman–Crippen MR) is 214 cm³/mol. The van der Waals surface area contributed by atoms with Crippen LogP contribution in [0.5, 0.6) is 0 Å². The van der Waals surface area contributed by atoms with Crippen LogP contribution in [0.1, 0.15) is 60.8 Å². The molecule has 2 fully saturated rings. The molecule has 4 aromatic rings. The van der Waals surface area contributed by atoms with Gasteiger partial charge in [-0.25, -0.2) is 0 Å². The highest BCUT2D eigenvalue weighted by Gasteiger charge is 2.34. The zero-order valence-electron chi connectivity index (χ0n) is 33.1. The van der Waals surface area contributed by atoms with Crippen LogP contribution in [0.4, 0.5) is 0 Å². The maximum atomic E-state index is 12.8. The van der Waals surface area contributed by atoms with E-state index < -0.39 is 5.97 Å². The molecule has 4 atom stereocenters. The largest absolute Gasteiger partial charge is 0.480 e. The third kappa shape index (κ3) is 18.1. The van der Waals surface area contributed by atoms with Gasteiger partial charge in [-0.3, -0.25) is 19.4 Å². The molecule has 0 spiro atoms. The lowest BCUT2D eigenvalue weighted by molar-refractivity contribution is -0.193. The average molecular weight is 795 g/mol. The number of hydrogen-bond acceptors (Lipinski definition) is 11. The van der Waals surface area contributed by atoms with Crippen molar-refractivity contribution in [2.75, 3.05) is 26.7 Å². The van der Waals surface area contributed by atoms with Gasteiger partial charge in [0.25, 0.3) is 0 Å². The minimum absolute atomic E-state index is 0.0792. The Balaban J connectivity index is 0.000000304. The molecule has 6 rings (SSSR count). The molecule has 1 N–H and O–H groups in total. The van der Waals surface area contributed by atoms with Crippen molar-refractivity contribution in [2.24, 2.45) is 0 Å². The Labute approximate surface area is 340 Å². The van der Waals surface area contributed by atoms with Crippen molar-refractivity contribution >= 4 is 24.2 Å². The normalized spacial score (nSPS) is 17.9. The van der Waals surface area contributed by atoms with Gasteiger partial charge in [-0.15, -0.1) is 0 Å². The fourth-order valence-corrected chi connectivity index (χ4v) is 7.24. The molecular weight excluding hydrogens is 741 g/mol. The van der Waals surface area contributed by atoms with E-state index in [0.29, 0.717) is 19.8 Å². The third-order valence-corrected chi connectivity index (χ3v) is 9.97. The quantitative estimate of drug-likeness (QED) is 0.118. The molecule has 0 bridgehead atoms. The standard InChI is InChI=1S/C29H33NO3.C15H21NO3.2CO2/c31-29(33-23-26-15-8-3-9-16-26)21-30(20-19-24-11-4-1-5-12-24)27-17-10-18-28(27)32-22-25-13-6-2-7-14-25;1-16(10-15(17)18)13-8-5-9-14(13)19-11-12-6-3-2-4-7-12;2*2-1-3/h1-9,11-16,27-28H,10,17-23H2;2-4,6-7,13-14H,5,8-11H2,1H3,(H,17,18);;/t27-,28-;13-,14-;;/m00../s1. The van der Waals surface area contributed by atoms with Crippen LogP contribution in [-0.2, 0) is 69.2 Å². The maximum absolute atomic E-state index is 12.8. The fraction of sp³-hybridized carbons (Fsp3) is 0.391. The van der Waals surface area contributed by atoms with E-state index in [4.69, 9.17) is 38.5 Å². The lowest BCUT2D eigenvalue weighted by Gasteiger charge is -2.32. The molecule has 4 aromatic carbocycles. The van der Waals surface area contributed by atoms with Crippen LogP contribution in [0.25, 0.3) is 0 Å². The molecule has 58 heavy (non-hydrogen) atoms. The Hall–Kier alpha value is -5.58. The van der Waals surface area contributed by atoms with Crippen LogP contribution in [0.15, 0.2) is 121 Å². The van der Waals surface area contributed by atoms with Crippen LogP contribution in [0.2, 0.25) is 0 Å². The van der Waals surface area contributed by atoms with Gasteiger partial charge in [0, 0.05) is 18.6 Å². The van der Waals surface area contributed by atoms with Crippen molar-refractivity contribution in [3.05, 3.63) is 144 Å². The van der Waals surface area contributed by atoms with Crippen molar-refractivity contribution in [2.45, 2.75) is 89.1 Å². The summed E-state index contributed by atoms with van der Waals surface area (Å²) >= 11 is 0. The summed E-state index contributed by atoms with van der Waals surface area (Å²) in [5.74, 6) is -0.961. The minimum atomic E-state index is -0.781. The number of esters is 1. The molecule has 0 radical (unpaired) electrons. The van der Waals surface area contributed by atoms with Gasteiger partial charge in [0.05, 0.1) is 38.5 Å². The van der Waals surface area contributed by atoms with Gasteiger partial charge < -0.3 is 19.3 Å². The van der Waals surface area contributed by atoms with Crippen molar-refractivity contribution in [1.82, 2.24) is 9.80 Å². The van der Waals surface area contributed by atoms with Crippen LogP contribution < -0.4 is 0 Å². The highest BCUT2D eigenvalue weighted by atomic mass is 16.5. The molecule has 2 aliphatic rings. The van der Waals surface area contributed by atoms with E-state index in [1.54, 1.807) is 0 Å². The summed E-state index contributed by atoms with van der Waals surface area (Å²) in [6, 6.07) is 41.1. The number of benzene rings is 4. The monoisotopic (exact) mass is 794 g/mol. The highest BCUT2D eigenvalue weighted by molar-refractivity contribution is 5.71. The molecule has 0 saturated heterocycles. The highest BCUT2D eigenvalue weighted by Crippen LogP contribution is 2.29. The maximum Gasteiger partial charge on any atom is 0.373 e. The van der Waals surface area contributed by atoms with Gasteiger partial charge in [-0.05, 0) is 74.2 Å². The second-order valence-corrected chi connectivity index (χ2v) is 14.0. The van der Waals surface area contributed by atoms with Crippen LogP contribution in [0.3, 0.4) is 0 Å². The van der Waals surface area contributed by atoms with Crippen molar-refractivity contribution < 1.29 is 48.1 Å².